The van der Waals surface area contributed by atoms with Gasteiger partial charge in [-0.3, -0.25) is 0 Å². The van der Waals surface area contributed by atoms with Crippen molar-refractivity contribution in [3.63, 3.8) is 0 Å². The fourth-order valence-electron chi connectivity index (χ4n) is 2.14. The van der Waals surface area contributed by atoms with E-state index in [1.807, 2.05) is 6.08 Å². The number of unbranched alkanes of at least 4 members (excludes halogenated alkanes) is 2. The second-order valence-electron chi connectivity index (χ2n) is 4.63. The highest BCUT2D eigenvalue weighted by Gasteiger charge is 2.30. The molecule has 0 N–H and O–H groups in total. The SMILES string of the molecule is C=CC(CCCCC)O[Si](CC)(CC)CC. The van der Waals surface area contributed by atoms with Gasteiger partial charge in [0.25, 0.3) is 0 Å². The molecule has 0 aliphatic heterocycles. The van der Waals surface area contributed by atoms with E-state index in [1.165, 1.54) is 37.4 Å². The van der Waals surface area contributed by atoms with Crippen LogP contribution in [0.1, 0.15) is 53.4 Å². The normalized spacial score (nSPS) is 13.8. The highest BCUT2D eigenvalue weighted by atomic mass is 28.4. The fraction of sp³-hybridized carbons (Fsp3) is 0.857. The Morgan fingerprint density at radius 2 is 1.62 bits per heavy atom. The molecule has 1 unspecified atom stereocenters. The van der Waals surface area contributed by atoms with Gasteiger partial charge in [0.15, 0.2) is 8.32 Å². The lowest BCUT2D eigenvalue weighted by atomic mass is 10.1. The summed E-state index contributed by atoms with van der Waals surface area (Å²) in [6.07, 6.45) is 7.34. The first kappa shape index (κ1) is 15.9. The lowest BCUT2D eigenvalue weighted by molar-refractivity contribution is 0.218. The lowest BCUT2D eigenvalue weighted by Gasteiger charge is -2.32. The molecule has 0 fully saturated rings. The van der Waals surface area contributed by atoms with Crippen LogP contribution in [0.4, 0.5) is 0 Å². The van der Waals surface area contributed by atoms with E-state index in [0.717, 1.165) is 6.42 Å². The lowest BCUT2D eigenvalue weighted by Crippen LogP contribution is -2.39. The second kappa shape index (κ2) is 9.00. The summed E-state index contributed by atoms with van der Waals surface area (Å²) < 4.78 is 6.40. The summed E-state index contributed by atoms with van der Waals surface area (Å²) in [4.78, 5) is 0. The van der Waals surface area contributed by atoms with Gasteiger partial charge in [-0.1, -0.05) is 53.0 Å². The van der Waals surface area contributed by atoms with Gasteiger partial charge in [-0.15, -0.1) is 6.58 Å². The molecule has 0 aromatic carbocycles. The summed E-state index contributed by atoms with van der Waals surface area (Å²) in [6.45, 7) is 13.0. The van der Waals surface area contributed by atoms with Crippen molar-refractivity contribution in [3.05, 3.63) is 12.7 Å². The average Bonchev–Trinajstić information content (AvgIpc) is 2.34. The van der Waals surface area contributed by atoms with Gasteiger partial charge in [0.2, 0.25) is 0 Å². The molecular formula is C14H30OSi. The molecule has 0 rings (SSSR count). The molecule has 0 spiro atoms. The molecule has 0 aliphatic carbocycles. The third kappa shape index (κ3) is 5.31. The third-order valence-corrected chi connectivity index (χ3v) is 8.36. The minimum absolute atomic E-state index is 0.304. The summed E-state index contributed by atoms with van der Waals surface area (Å²) in [7, 11) is -1.43. The maximum atomic E-state index is 6.40. The first-order valence-corrected chi connectivity index (χ1v) is 9.51. The van der Waals surface area contributed by atoms with Crippen molar-refractivity contribution in [1.82, 2.24) is 0 Å². The standard InChI is InChI=1S/C14H30OSi/c1-6-11-12-13-14(7-2)15-16(8-3,9-4)10-5/h7,14H,2,6,8-13H2,1,3-5H3. The summed E-state index contributed by atoms with van der Waals surface area (Å²) in [5.74, 6) is 0. The molecule has 0 amide bonds. The zero-order valence-electron chi connectivity index (χ0n) is 11.7. The predicted molar refractivity (Wildman–Crippen MR) is 76.4 cm³/mol. The molecule has 0 saturated heterocycles. The maximum absolute atomic E-state index is 6.40. The molecule has 2 heteroatoms. The van der Waals surface area contributed by atoms with Crippen molar-refractivity contribution in [2.45, 2.75) is 77.6 Å². The van der Waals surface area contributed by atoms with E-state index in [4.69, 9.17) is 4.43 Å². The van der Waals surface area contributed by atoms with Gasteiger partial charge >= 0.3 is 0 Å². The second-order valence-corrected chi connectivity index (χ2v) is 9.35. The quantitative estimate of drug-likeness (QED) is 0.293. The molecule has 1 nitrogen and oxygen atoms in total. The highest BCUT2D eigenvalue weighted by Crippen LogP contribution is 2.25. The third-order valence-electron chi connectivity index (χ3n) is 3.69. The van der Waals surface area contributed by atoms with E-state index in [2.05, 4.69) is 34.3 Å². The minimum Gasteiger partial charge on any atom is -0.411 e. The van der Waals surface area contributed by atoms with Gasteiger partial charge in [-0.2, -0.15) is 0 Å². The topological polar surface area (TPSA) is 9.23 Å². The molecule has 96 valence electrons. The van der Waals surface area contributed by atoms with Crippen LogP contribution in [-0.4, -0.2) is 14.4 Å². The van der Waals surface area contributed by atoms with Crippen LogP contribution >= 0.6 is 0 Å². The molecule has 0 aromatic heterocycles. The Kier molecular flexibility index (Phi) is 8.95. The van der Waals surface area contributed by atoms with Crippen molar-refractivity contribution in [2.75, 3.05) is 0 Å². The smallest absolute Gasteiger partial charge is 0.192 e. The molecule has 0 aliphatic rings. The van der Waals surface area contributed by atoms with Crippen LogP contribution in [0.3, 0.4) is 0 Å². The van der Waals surface area contributed by atoms with E-state index < -0.39 is 8.32 Å². The van der Waals surface area contributed by atoms with E-state index in [-0.39, 0.29) is 0 Å². The van der Waals surface area contributed by atoms with Crippen LogP contribution in [0.25, 0.3) is 0 Å². The Hall–Kier alpha value is -0.0831. The summed E-state index contributed by atoms with van der Waals surface area (Å²) >= 11 is 0. The largest absolute Gasteiger partial charge is 0.411 e. The van der Waals surface area contributed by atoms with Gasteiger partial charge in [0.1, 0.15) is 0 Å². The first-order valence-electron chi connectivity index (χ1n) is 6.98. The van der Waals surface area contributed by atoms with Crippen LogP contribution in [0, 0.1) is 0 Å². The highest BCUT2D eigenvalue weighted by molar-refractivity contribution is 6.73. The van der Waals surface area contributed by atoms with E-state index in [9.17, 15) is 0 Å². The maximum Gasteiger partial charge on any atom is 0.192 e. The van der Waals surface area contributed by atoms with E-state index in [1.54, 1.807) is 0 Å². The first-order chi connectivity index (χ1) is 7.67. The summed E-state index contributed by atoms with van der Waals surface area (Å²) in [6, 6.07) is 3.70. The van der Waals surface area contributed by atoms with Gasteiger partial charge < -0.3 is 4.43 Å². The fourth-order valence-corrected chi connectivity index (χ4v) is 5.00. The average molecular weight is 242 g/mol. The van der Waals surface area contributed by atoms with Crippen molar-refractivity contribution < 1.29 is 4.43 Å². The van der Waals surface area contributed by atoms with Crippen LogP contribution in [0.2, 0.25) is 18.1 Å². The zero-order chi connectivity index (χ0) is 12.4. The van der Waals surface area contributed by atoms with E-state index >= 15 is 0 Å². The van der Waals surface area contributed by atoms with Crippen LogP contribution in [-0.2, 0) is 4.43 Å². The summed E-state index contributed by atoms with van der Waals surface area (Å²) in [5, 5.41) is 0. The molecular weight excluding hydrogens is 212 g/mol. The van der Waals surface area contributed by atoms with Gasteiger partial charge in [0, 0.05) is 0 Å². The number of hydrogen-bond donors (Lipinski definition) is 0. The number of hydrogen-bond acceptors (Lipinski definition) is 1. The van der Waals surface area contributed by atoms with E-state index in [0.29, 0.717) is 6.10 Å². The van der Waals surface area contributed by atoms with Crippen molar-refractivity contribution >= 4 is 8.32 Å². The Labute approximate surface area is 103 Å². The Bertz CT molecular complexity index is 167. The Balaban J connectivity index is 4.20. The van der Waals surface area contributed by atoms with Gasteiger partial charge in [0.05, 0.1) is 6.10 Å². The zero-order valence-corrected chi connectivity index (χ0v) is 12.7. The van der Waals surface area contributed by atoms with Crippen LogP contribution in [0.15, 0.2) is 12.7 Å². The minimum atomic E-state index is -1.43. The molecule has 0 aromatic rings. The Morgan fingerprint density at radius 1 is 1.06 bits per heavy atom. The monoisotopic (exact) mass is 242 g/mol. The van der Waals surface area contributed by atoms with Gasteiger partial charge in [-0.05, 0) is 24.6 Å². The van der Waals surface area contributed by atoms with Crippen molar-refractivity contribution in [2.24, 2.45) is 0 Å². The predicted octanol–water partition coefficient (Wildman–Crippen LogP) is 5.14. The summed E-state index contributed by atoms with van der Waals surface area (Å²) in [5.41, 5.74) is 0. The molecule has 0 heterocycles. The molecule has 0 radical (unpaired) electrons. The molecule has 16 heavy (non-hydrogen) atoms. The molecule has 0 saturated carbocycles. The van der Waals surface area contributed by atoms with Crippen LogP contribution < -0.4 is 0 Å². The number of rotatable bonds is 10. The van der Waals surface area contributed by atoms with Gasteiger partial charge in [-0.25, -0.2) is 0 Å². The van der Waals surface area contributed by atoms with Crippen molar-refractivity contribution in [1.29, 1.82) is 0 Å². The molecule has 0 bridgehead atoms. The molecule has 1 atom stereocenters. The Morgan fingerprint density at radius 3 is 2.00 bits per heavy atom. The van der Waals surface area contributed by atoms with Crippen molar-refractivity contribution in [3.8, 4) is 0 Å². The van der Waals surface area contributed by atoms with Crippen LogP contribution in [0.5, 0.6) is 0 Å².